The lowest BCUT2D eigenvalue weighted by Crippen LogP contribution is -2.39. The molecule has 1 fully saturated rings. The molecule has 176 valence electrons. The van der Waals surface area contributed by atoms with Gasteiger partial charge in [0, 0.05) is 47.8 Å². The predicted octanol–water partition coefficient (Wildman–Crippen LogP) is 5.37. The number of aryl methyl sites for hydroxylation is 1. The molecule has 3 aromatic carbocycles. The summed E-state index contributed by atoms with van der Waals surface area (Å²) in [5.41, 5.74) is 4.38. The number of carbonyl (C=O) groups is 1. The number of non-ortho nitro benzene ring substituents is 1. The fourth-order valence-corrected chi connectivity index (χ4v) is 4.47. The number of nitro groups is 1. The second kappa shape index (κ2) is 9.50. The molecule has 1 aromatic heterocycles. The zero-order chi connectivity index (χ0) is 24.4. The number of carbonyl (C=O) groups excluding carboxylic acids is 1. The Morgan fingerprint density at radius 3 is 2.51 bits per heavy atom. The number of nitro benzene ring substituents is 1. The number of rotatable bonds is 5. The Hall–Kier alpha value is -4.33. The van der Waals surface area contributed by atoms with Crippen LogP contribution < -0.4 is 10.2 Å². The first-order valence-corrected chi connectivity index (χ1v) is 11.6. The summed E-state index contributed by atoms with van der Waals surface area (Å²) in [6, 6.07) is 22.3. The van der Waals surface area contributed by atoms with Gasteiger partial charge in [-0.15, -0.1) is 0 Å². The number of fused-ring (bicyclic) bond motifs is 1. The third kappa shape index (κ3) is 4.82. The normalized spacial score (nSPS) is 14.1. The number of amides is 1. The summed E-state index contributed by atoms with van der Waals surface area (Å²) in [6.07, 6.45) is 1.30. The van der Waals surface area contributed by atoms with Crippen LogP contribution in [0.1, 0.15) is 18.4 Å². The van der Waals surface area contributed by atoms with Crippen molar-refractivity contribution >= 4 is 34.1 Å². The van der Waals surface area contributed by atoms with E-state index in [4.69, 9.17) is 9.97 Å². The topological polar surface area (TPSA) is 101 Å². The van der Waals surface area contributed by atoms with E-state index in [0.717, 1.165) is 27.7 Å². The van der Waals surface area contributed by atoms with Crippen molar-refractivity contribution in [3.05, 3.63) is 88.5 Å². The number of benzene rings is 3. The Morgan fingerprint density at radius 2 is 1.77 bits per heavy atom. The minimum absolute atomic E-state index is 0.0458. The maximum Gasteiger partial charge on any atom is 0.271 e. The Balaban J connectivity index is 1.34. The van der Waals surface area contributed by atoms with Crippen LogP contribution in [-0.4, -0.2) is 33.9 Å². The summed E-state index contributed by atoms with van der Waals surface area (Å²) in [5, 5.41) is 14.8. The van der Waals surface area contributed by atoms with E-state index in [1.807, 2.05) is 24.3 Å². The van der Waals surface area contributed by atoms with Crippen LogP contribution in [-0.2, 0) is 4.79 Å². The van der Waals surface area contributed by atoms with E-state index in [1.165, 1.54) is 12.1 Å². The van der Waals surface area contributed by atoms with Gasteiger partial charge in [0.1, 0.15) is 0 Å². The van der Waals surface area contributed by atoms with Crippen molar-refractivity contribution in [2.24, 2.45) is 5.92 Å². The van der Waals surface area contributed by atoms with Gasteiger partial charge < -0.3 is 10.2 Å². The van der Waals surface area contributed by atoms with Gasteiger partial charge in [-0.05, 0) is 38.0 Å². The monoisotopic (exact) mass is 467 g/mol. The van der Waals surface area contributed by atoms with Gasteiger partial charge in [0.15, 0.2) is 0 Å². The van der Waals surface area contributed by atoms with Gasteiger partial charge in [-0.1, -0.05) is 48.0 Å². The fourth-order valence-electron chi connectivity index (χ4n) is 4.47. The third-order valence-electron chi connectivity index (χ3n) is 6.36. The van der Waals surface area contributed by atoms with Crippen LogP contribution in [0.2, 0.25) is 0 Å². The quantitative estimate of drug-likeness (QED) is 0.313. The number of nitrogens with zero attached hydrogens (tertiary/aromatic N) is 4. The standard InChI is InChI=1S/C27H25N5O3/c1-18-10-11-24-23(16-18)25(19-6-3-2-4-7-19)30-27(29-24)31-14-12-20(13-15-31)26(33)28-21-8-5-9-22(17-21)32(34)35/h2-11,16-17,20H,12-15H2,1H3,(H,28,33). The summed E-state index contributed by atoms with van der Waals surface area (Å²) in [7, 11) is 0. The number of hydrogen-bond acceptors (Lipinski definition) is 6. The van der Waals surface area contributed by atoms with Gasteiger partial charge in [-0.2, -0.15) is 0 Å². The van der Waals surface area contributed by atoms with Gasteiger partial charge in [0.2, 0.25) is 11.9 Å². The first-order valence-electron chi connectivity index (χ1n) is 11.6. The molecule has 0 atom stereocenters. The first kappa shape index (κ1) is 22.5. The molecule has 1 saturated heterocycles. The molecule has 0 radical (unpaired) electrons. The molecule has 0 aliphatic carbocycles. The van der Waals surface area contributed by atoms with Crippen molar-refractivity contribution < 1.29 is 9.72 Å². The lowest BCUT2D eigenvalue weighted by molar-refractivity contribution is -0.384. The van der Waals surface area contributed by atoms with Crippen LogP contribution in [0, 0.1) is 23.0 Å². The zero-order valence-corrected chi connectivity index (χ0v) is 19.3. The van der Waals surface area contributed by atoms with Crippen LogP contribution in [0.5, 0.6) is 0 Å². The van der Waals surface area contributed by atoms with E-state index in [0.29, 0.717) is 37.6 Å². The molecule has 0 bridgehead atoms. The number of aromatic nitrogens is 2. The molecule has 8 heteroatoms. The van der Waals surface area contributed by atoms with Gasteiger partial charge >= 0.3 is 0 Å². The van der Waals surface area contributed by atoms with E-state index in [1.54, 1.807) is 12.1 Å². The molecule has 1 amide bonds. The maximum atomic E-state index is 12.8. The Bertz CT molecular complexity index is 1400. The van der Waals surface area contributed by atoms with Crippen LogP contribution in [0.15, 0.2) is 72.8 Å². The van der Waals surface area contributed by atoms with Gasteiger partial charge in [0.25, 0.3) is 5.69 Å². The second-order valence-electron chi connectivity index (χ2n) is 8.82. The molecule has 8 nitrogen and oxygen atoms in total. The minimum atomic E-state index is -0.470. The van der Waals surface area contributed by atoms with E-state index in [-0.39, 0.29) is 17.5 Å². The predicted molar refractivity (Wildman–Crippen MR) is 136 cm³/mol. The third-order valence-corrected chi connectivity index (χ3v) is 6.36. The van der Waals surface area contributed by atoms with Gasteiger partial charge in [-0.3, -0.25) is 14.9 Å². The molecular weight excluding hydrogens is 442 g/mol. The molecule has 1 N–H and O–H groups in total. The summed E-state index contributed by atoms with van der Waals surface area (Å²) < 4.78 is 0. The zero-order valence-electron chi connectivity index (χ0n) is 19.3. The molecule has 0 unspecified atom stereocenters. The molecule has 35 heavy (non-hydrogen) atoms. The molecule has 5 rings (SSSR count). The van der Waals surface area contributed by atoms with Crippen LogP contribution in [0.4, 0.5) is 17.3 Å². The van der Waals surface area contributed by atoms with E-state index < -0.39 is 4.92 Å². The molecule has 2 heterocycles. The van der Waals surface area contributed by atoms with Crippen molar-refractivity contribution in [1.82, 2.24) is 9.97 Å². The van der Waals surface area contributed by atoms with E-state index in [2.05, 4.69) is 41.4 Å². The van der Waals surface area contributed by atoms with Gasteiger partial charge in [0.05, 0.1) is 16.1 Å². The smallest absolute Gasteiger partial charge is 0.271 e. The summed E-state index contributed by atoms with van der Waals surface area (Å²) in [5.74, 6) is 0.366. The van der Waals surface area contributed by atoms with E-state index >= 15 is 0 Å². The van der Waals surface area contributed by atoms with Crippen molar-refractivity contribution in [2.45, 2.75) is 19.8 Å². The van der Waals surface area contributed by atoms with Crippen molar-refractivity contribution in [1.29, 1.82) is 0 Å². The SMILES string of the molecule is Cc1ccc2nc(N3CCC(C(=O)Nc4cccc([N+](=O)[O-])c4)CC3)nc(-c3ccccc3)c2c1. The first-order chi connectivity index (χ1) is 17.0. The molecule has 1 aliphatic rings. The minimum Gasteiger partial charge on any atom is -0.341 e. The van der Waals surface area contributed by atoms with Gasteiger partial charge in [-0.25, -0.2) is 9.97 Å². The lowest BCUT2D eigenvalue weighted by atomic mass is 9.96. The number of piperidine rings is 1. The summed E-state index contributed by atoms with van der Waals surface area (Å²) in [6.45, 7) is 3.36. The fraction of sp³-hybridized carbons (Fsp3) is 0.222. The molecular formula is C27H25N5O3. The highest BCUT2D eigenvalue weighted by Crippen LogP contribution is 2.31. The summed E-state index contributed by atoms with van der Waals surface area (Å²) >= 11 is 0. The highest BCUT2D eigenvalue weighted by atomic mass is 16.6. The van der Waals surface area contributed by atoms with Crippen molar-refractivity contribution in [3.8, 4) is 11.3 Å². The van der Waals surface area contributed by atoms with E-state index in [9.17, 15) is 14.9 Å². The number of hydrogen-bond donors (Lipinski definition) is 1. The Kier molecular flexibility index (Phi) is 6.10. The Morgan fingerprint density at radius 1 is 1.00 bits per heavy atom. The maximum absolute atomic E-state index is 12.8. The molecule has 0 saturated carbocycles. The molecule has 0 spiro atoms. The number of anilines is 2. The van der Waals surface area contributed by atoms with Crippen LogP contribution in [0.25, 0.3) is 22.2 Å². The number of nitrogens with one attached hydrogen (secondary N) is 1. The van der Waals surface area contributed by atoms with Crippen molar-refractivity contribution in [3.63, 3.8) is 0 Å². The summed E-state index contributed by atoms with van der Waals surface area (Å²) in [4.78, 5) is 35.3. The largest absolute Gasteiger partial charge is 0.341 e. The second-order valence-corrected chi connectivity index (χ2v) is 8.82. The molecule has 4 aromatic rings. The average Bonchev–Trinajstić information content (AvgIpc) is 2.89. The lowest BCUT2D eigenvalue weighted by Gasteiger charge is -2.31. The Labute approximate surface area is 202 Å². The highest BCUT2D eigenvalue weighted by molar-refractivity contribution is 5.94. The van der Waals surface area contributed by atoms with Crippen LogP contribution >= 0.6 is 0 Å². The molecule has 1 aliphatic heterocycles. The van der Waals surface area contributed by atoms with Crippen molar-refractivity contribution in [2.75, 3.05) is 23.3 Å². The van der Waals surface area contributed by atoms with Crippen LogP contribution in [0.3, 0.4) is 0 Å². The highest BCUT2D eigenvalue weighted by Gasteiger charge is 2.27. The average molecular weight is 468 g/mol.